The fourth-order valence-corrected chi connectivity index (χ4v) is 1.97. The predicted octanol–water partition coefficient (Wildman–Crippen LogP) is 2.51. The molecule has 1 heteroatoms. The van der Waals surface area contributed by atoms with Crippen molar-refractivity contribution in [1.29, 1.82) is 0 Å². The van der Waals surface area contributed by atoms with Crippen LogP contribution >= 0.6 is 0 Å². The summed E-state index contributed by atoms with van der Waals surface area (Å²) in [4.78, 5) is 0. The molecular formula is C11H19N. The summed E-state index contributed by atoms with van der Waals surface area (Å²) in [6.45, 7) is 8.75. The molecule has 1 aliphatic heterocycles. The summed E-state index contributed by atoms with van der Waals surface area (Å²) in [5, 5.41) is 3.54. The van der Waals surface area contributed by atoms with Crippen molar-refractivity contribution in [3.05, 3.63) is 25.3 Å². The predicted molar refractivity (Wildman–Crippen MR) is 54.1 cm³/mol. The molecule has 0 saturated carbocycles. The van der Waals surface area contributed by atoms with Gasteiger partial charge < -0.3 is 5.32 Å². The van der Waals surface area contributed by atoms with Crippen LogP contribution in [0, 0.1) is 5.92 Å². The smallest absolute Gasteiger partial charge is 0.0133 e. The van der Waals surface area contributed by atoms with E-state index in [2.05, 4.69) is 18.5 Å². The summed E-state index contributed by atoms with van der Waals surface area (Å²) in [5.74, 6) is 0.786. The average molecular weight is 165 g/mol. The van der Waals surface area contributed by atoms with E-state index in [1.54, 1.807) is 0 Å². The van der Waals surface area contributed by atoms with Crippen LogP contribution < -0.4 is 5.32 Å². The first-order valence-corrected chi connectivity index (χ1v) is 4.83. The molecule has 68 valence electrons. The largest absolute Gasteiger partial charge is 0.313 e. The lowest BCUT2D eigenvalue weighted by atomic mass is 9.86. The maximum absolute atomic E-state index is 3.80. The van der Waals surface area contributed by atoms with Crippen molar-refractivity contribution in [2.75, 3.05) is 6.54 Å². The Hall–Kier alpha value is -0.560. The van der Waals surface area contributed by atoms with Gasteiger partial charge in [-0.25, -0.2) is 0 Å². The molecule has 1 N–H and O–H groups in total. The quantitative estimate of drug-likeness (QED) is 0.631. The van der Waals surface area contributed by atoms with Gasteiger partial charge in [-0.15, -0.1) is 13.2 Å². The summed E-state index contributed by atoms with van der Waals surface area (Å²) >= 11 is 0. The summed E-state index contributed by atoms with van der Waals surface area (Å²) in [7, 11) is 0. The third-order valence-electron chi connectivity index (χ3n) is 2.62. The highest BCUT2D eigenvalue weighted by molar-refractivity contribution is 4.89. The second kappa shape index (κ2) is 5.15. The van der Waals surface area contributed by atoms with Crippen molar-refractivity contribution >= 4 is 0 Å². The Morgan fingerprint density at radius 3 is 2.67 bits per heavy atom. The fourth-order valence-electron chi connectivity index (χ4n) is 1.97. The minimum absolute atomic E-state index is 0.647. The highest BCUT2D eigenvalue weighted by Crippen LogP contribution is 2.22. The molecule has 12 heavy (non-hydrogen) atoms. The first-order chi connectivity index (χ1) is 5.88. The van der Waals surface area contributed by atoms with Crippen LogP contribution in [0.4, 0.5) is 0 Å². The molecule has 0 amide bonds. The van der Waals surface area contributed by atoms with Gasteiger partial charge in [-0.3, -0.25) is 0 Å². The SMILES string of the molecule is C=CCC1CCCNC1CC=C. The number of hydrogen-bond acceptors (Lipinski definition) is 1. The Kier molecular flexibility index (Phi) is 4.09. The van der Waals surface area contributed by atoms with Gasteiger partial charge in [0, 0.05) is 6.04 Å². The van der Waals surface area contributed by atoms with Gasteiger partial charge in [0.05, 0.1) is 0 Å². The van der Waals surface area contributed by atoms with Crippen molar-refractivity contribution in [2.24, 2.45) is 5.92 Å². The maximum atomic E-state index is 3.80. The van der Waals surface area contributed by atoms with E-state index in [9.17, 15) is 0 Å². The van der Waals surface area contributed by atoms with Gasteiger partial charge in [0.25, 0.3) is 0 Å². The molecular weight excluding hydrogens is 146 g/mol. The van der Waals surface area contributed by atoms with E-state index in [1.807, 2.05) is 12.2 Å². The monoisotopic (exact) mass is 165 g/mol. The van der Waals surface area contributed by atoms with Gasteiger partial charge >= 0.3 is 0 Å². The molecule has 0 radical (unpaired) electrons. The first kappa shape index (κ1) is 9.53. The van der Waals surface area contributed by atoms with Crippen LogP contribution in [0.5, 0.6) is 0 Å². The molecule has 2 atom stereocenters. The number of rotatable bonds is 4. The number of piperidine rings is 1. The van der Waals surface area contributed by atoms with Crippen LogP contribution in [-0.4, -0.2) is 12.6 Å². The second-order valence-electron chi connectivity index (χ2n) is 3.51. The Bertz CT molecular complexity index is 133. The Labute approximate surface area is 75.6 Å². The highest BCUT2D eigenvalue weighted by Gasteiger charge is 2.21. The zero-order valence-corrected chi connectivity index (χ0v) is 7.76. The minimum atomic E-state index is 0.647. The van der Waals surface area contributed by atoms with Crippen LogP contribution in [0.1, 0.15) is 25.7 Å². The molecule has 1 nitrogen and oxygen atoms in total. The molecule has 0 aromatic heterocycles. The number of nitrogens with one attached hydrogen (secondary N) is 1. The molecule has 0 aliphatic carbocycles. The van der Waals surface area contributed by atoms with Crippen LogP contribution in [0.3, 0.4) is 0 Å². The standard InChI is InChI=1S/C11H19N/c1-3-6-10-8-5-9-12-11(10)7-4-2/h3-4,10-12H,1-2,5-9H2. The van der Waals surface area contributed by atoms with Crippen molar-refractivity contribution in [1.82, 2.24) is 5.32 Å². The third-order valence-corrected chi connectivity index (χ3v) is 2.62. The van der Waals surface area contributed by atoms with E-state index in [0.29, 0.717) is 6.04 Å². The van der Waals surface area contributed by atoms with Crippen LogP contribution in [0.2, 0.25) is 0 Å². The van der Waals surface area contributed by atoms with E-state index >= 15 is 0 Å². The van der Waals surface area contributed by atoms with Crippen LogP contribution in [0.25, 0.3) is 0 Å². The zero-order valence-electron chi connectivity index (χ0n) is 7.76. The van der Waals surface area contributed by atoms with Gasteiger partial charge in [0.1, 0.15) is 0 Å². The summed E-state index contributed by atoms with van der Waals surface area (Å²) < 4.78 is 0. The van der Waals surface area contributed by atoms with Crippen molar-refractivity contribution < 1.29 is 0 Å². The molecule has 0 aromatic carbocycles. The van der Waals surface area contributed by atoms with Crippen molar-refractivity contribution in [2.45, 2.75) is 31.7 Å². The van der Waals surface area contributed by atoms with Gasteiger partial charge in [0.15, 0.2) is 0 Å². The molecule has 1 aliphatic rings. The summed E-state index contributed by atoms with van der Waals surface area (Å²) in [6, 6.07) is 0.647. The molecule has 2 unspecified atom stereocenters. The maximum Gasteiger partial charge on any atom is 0.0133 e. The lowest BCUT2D eigenvalue weighted by molar-refractivity contribution is 0.283. The van der Waals surface area contributed by atoms with Gasteiger partial charge in [-0.2, -0.15) is 0 Å². The van der Waals surface area contributed by atoms with Crippen molar-refractivity contribution in [3.8, 4) is 0 Å². The lowest BCUT2D eigenvalue weighted by Crippen LogP contribution is -2.40. The van der Waals surface area contributed by atoms with E-state index in [0.717, 1.165) is 18.8 Å². The van der Waals surface area contributed by atoms with Gasteiger partial charge in [0.2, 0.25) is 0 Å². The fraction of sp³-hybridized carbons (Fsp3) is 0.636. The van der Waals surface area contributed by atoms with E-state index in [4.69, 9.17) is 0 Å². The van der Waals surface area contributed by atoms with E-state index < -0.39 is 0 Å². The normalized spacial score (nSPS) is 29.7. The number of hydrogen-bond donors (Lipinski definition) is 1. The number of allylic oxidation sites excluding steroid dienone is 1. The molecule has 0 bridgehead atoms. The van der Waals surface area contributed by atoms with Gasteiger partial charge in [-0.05, 0) is 38.1 Å². The summed E-state index contributed by atoms with van der Waals surface area (Å²) in [6.07, 6.45) is 8.94. The highest BCUT2D eigenvalue weighted by atomic mass is 14.9. The van der Waals surface area contributed by atoms with Crippen LogP contribution in [0.15, 0.2) is 25.3 Å². The average Bonchev–Trinajstić information content (AvgIpc) is 2.09. The van der Waals surface area contributed by atoms with Crippen molar-refractivity contribution in [3.63, 3.8) is 0 Å². The summed E-state index contributed by atoms with van der Waals surface area (Å²) in [5.41, 5.74) is 0. The Morgan fingerprint density at radius 2 is 2.00 bits per heavy atom. The zero-order chi connectivity index (χ0) is 8.81. The molecule has 0 spiro atoms. The molecule has 1 fully saturated rings. The Balaban J connectivity index is 2.41. The minimum Gasteiger partial charge on any atom is -0.313 e. The lowest BCUT2D eigenvalue weighted by Gasteiger charge is -2.31. The molecule has 0 aromatic rings. The first-order valence-electron chi connectivity index (χ1n) is 4.83. The topological polar surface area (TPSA) is 12.0 Å². The Morgan fingerprint density at radius 1 is 1.25 bits per heavy atom. The van der Waals surface area contributed by atoms with Crippen LogP contribution in [-0.2, 0) is 0 Å². The van der Waals surface area contributed by atoms with E-state index in [1.165, 1.54) is 19.4 Å². The molecule has 1 rings (SSSR count). The molecule has 1 saturated heterocycles. The third kappa shape index (κ3) is 2.49. The van der Waals surface area contributed by atoms with Gasteiger partial charge in [-0.1, -0.05) is 12.2 Å². The van der Waals surface area contributed by atoms with E-state index in [-0.39, 0.29) is 0 Å². The second-order valence-corrected chi connectivity index (χ2v) is 3.51. The molecule has 1 heterocycles.